The average Bonchev–Trinajstić information content (AvgIpc) is 3.35. The number of rotatable bonds is 7. The second kappa shape index (κ2) is 10.8. The molecule has 1 heterocycles. The Hall–Kier alpha value is -3.71. The van der Waals surface area contributed by atoms with E-state index in [0.717, 1.165) is 0 Å². The highest BCUT2D eigenvalue weighted by atomic mass is 19.4. The van der Waals surface area contributed by atoms with Gasteiger partial charge in [-0.05, 0) is 48.6 Å². The van der Waals surface area contributed by atoms with Crippen molar-refractivity contribution in [2.75, 3.05) is 11.9 Å². The minimum absolute atomic E-state index is 0.0130. The fraction of sp³-hybridized carbons (Fsp3) is 0.440. The standard InChI is InChI=1S/C25H26F7N5O2/c1-5-16-9-19(23(26,24(27,28)29)25(30,31)32)7-13(2)20(16)36-22(39)17-6-14(3)21(37-12-33-11-35-37)18(8-17)10-34-15(4)38/h7-9,11-12,14H,5-6,10H2,1-4H3,(H,34,38)(H,36,39). The molecule has 1 atom stereocenters. The summed E-state index contributed by atoms with van der Waals surface area (Å²) in [5.74, 6) is -1.24. The molecule has 0 bridgehead atoms. The molecule has 0 saturated carbocycles. The van der Waals surface area contributed by atoms with Crippen LogP contribution in [-0.4, -0.2) is 45.5 Å². The van der Waals surface area contributed by atoms with Crippen LogP contribution < -0.4 is 10.6 Å². The molecule has 0 spiro atoms. The Morgan fingerprint density at radius 2 is 1.74 bits per heavy atom. The van der Waals surface area contributed by atoms with Gasteiger partial charge in [0.2, 0.25) is 5.91 Å². The molecule has 1 aromatic carbocycles. The average molecular weight is 562 g/mol. The zero-order chi connectivity index (χ0) is 29.3. The largest absolute Gasteiger partial charge is 0.435 e. The molecule has 3 rings (SSSR count). The monoisotopic (exact) mass is 561 g/mol. The zero-order valence-electron chi connectivity index (χ0n) is 21.4. The molecule has 0 radical (unpaired) electrons. The molecule has 7 nitrogen and oxygen atoms in total. The Morgan fingerprint density at radius 1 is 1.10 bits per heavy atom. The highest BCUT2D eigenvalue weighted by molar-refractivity contribution is 6.05. The number of alkyl halides is 7. The first-order valence-corrected chi connectivity index (χ1v) is 11.8. The molecule has 0 fully saturated rings. The Morgan fingerprint density at radius 3 is 2.26 bits per heavy atom. The van der Waals surface area contributed by atoms with Gasteiger partial charge in [-0.25, -0.2) is 14.1 Å². The van der Waals surface area contributed by atoms with E-state index in [1.165, 1.54) is 44.2 Å². The number of amides is 2. The number of allylic oxidation sites excluding steroid dienone is 1. The maximum Gasteiger partial charge on any atom is 0.435 e. The molecule has 1 unspecified atom stereocenters. The van der Waals surface area contributed by atoms with Crippen molar-refractivity contribution in [3.8, 4) is 0 Å². The summed E-state index contributed by atoms with van der Waals surface area (Å²) in [6.07, 6.45) is -8.07. The molecular weight excluding hydrogens is 535 g/mol. The summed E-state index contributed by atoms with van der Waals surface area (Å²) >= 11 is 0. The van der Waals surface area contributed by atoms with Crippen LogP contribution in [0.4, 0.5) is 36.4 Å². The van der Waals surface area contributed by atoms with Gasteiger partial charge in [0.1, 0.15) is 12.7 Å². The summed E-state index contributed by atoms with van der Waals surface area (Å²) in [6.45, 7) is 5.84. The number of carbonyl (C=O) groups is 2. The lowest BCUT2D eigenvalue weighted by molar-refractivity contribution is -0.348. The number of carbonyl (C=O) groups excluding carboxylic acids is 2. The minimum atomic E-state index is -6.26. The van der Waals surface area contributed by atoms with Crippen molar-refractivity contribution in [1.82, 2.24) is 20.1 Å². The van der Waals surface area contributed by atoms with E-state index in [0.29, 0.717) is 23.4 Å². The van der Waals surface area contributed by atoms with Crippen molar-refractivity contribution < 1.29 is 40.3 Å². The Bertz CT molecular complexity index is 1300. The van der Waals surface area contributed by atoms with Gasteiger partial charge in [-0.2, -0.15) is 31.4 Å². The van der Waals surface area contributed by atoms with Crippen LogP contribution in [0.5, 0.6) is 0 Å². The van der Waals surface area contributed by atoms with Crippen molar-refractivity contribution in [2.24, 2.45) is 5.92 Å². The Balaban J connectivity index is 2.02. The summed E-state index contributed by atoms with van der Waals surface area (Å²) in [5.41, 5.74) is -5.99. The van der Waals surface area contributed by atoms with Crippen LogP contribution >= 0.6 is 0 Å². The van der Waals surface area contributed by atoms with Crippen LogP contribution in [0.15, 0.2) is 42.0 Å². The van der Waals surface area contributed by atoms with Gasteiger partial charge in [0.05, 0.1) is 5.70 Å². The zero-order valence-corrected chi connectivity index (χ0v) is 21.4. The third-order valence-corrected chi connectivity index (χ3v) is 6.37. The first-order chi connectivity index (χ1) is 18.0. The second-order valence-corrected chi connectivity index (χ2v) is 9.22. The molecule has 14 heteroatoms. The first kappa shape index (κ1) is 29.8. The van der Waals surface area contributed by atoms with Crippen LogP contribution in [-0.2, 0) is 21.7 Å². The van der Waals surface area contributed by atoms with E-state index < -0.39 is 29.5 Å². The maximum absolute atomic E-state index is 14.7. The lowest BCUT2D eigenvalue weighted by atomic mass is 9.87. The van der Waals surface area contributed by atoms with Crippen LogP contribution in [0.3, 0.4) is 0 Å². The topological polar surface area (TPSA) is 88.9 Å². The highest BCUT2D eigenvalue weighted by Crippen LogP contribution is 2.54. The Labute approximate surface area is 219 Å². The van der Waals surface area contributed by atoms with E-state index in [2.05, 4.69) is 20.7 Å². The fourth-order valence-electron chi connectivity index (χ4n) is 4.51. The summed E-state index contributed by atoms with van der Waals surface area (Å²) in [4.78, 5) is 28.7. The number of benzene rings is 1. The third-order valence-electron chi connectivity index (χ3n) is 6.37. The van der Waals surface area contributed by atoms with E-state index in [4.69, 9.17) is 0 Å². The minimum Gasteiger partial charge on any atom is -0.352 e. The van der Waals surface area contributed by atoms with Gasteiger partial charge in [-0.3, -0.25) is 9.59 Å². The molecule has 2 N–H and O–H groups in total. The molecule has 212 valence electrons. The predicted molar refractivity (Wildman–Crippen MR) is 128 cm³/mol. The van der Waals surface area contributed by atoms with Gasteiger partial charge in [0.15, 0.2) is 0 Å². The molecule has 0 aliphatic heterocycles. The van der Waals surface area contributed by atoms with E-state index in [-0.39, 0.29) is 53.6 Å². The van der Waals surface area contributed by atoms with Gasteiger partial charge in [-0.1, -0.05) is 19.9 Å². The summed E-state index contributed by atoms with van der Waals surface area (Å²) < 4.78 is 96.1. The normalized spacial score (nSPS) is 16.7. The number of nitrogens with zero attached hydrogens (tertiary/aromatic N) is 3. The second-order valence-electron chi connectivity index (χ2n) is 9.22. The van der Waals surface area contributed by atoms with Crippen LogP contribution in [0.1, 0.15) is 43.9 Å². The SMILES string of the molecule is CCc1cc(C(F)(C(F)(F)F)C(F)(F)F)cc(C)c1NC(=O)C1=CC(CNC(C)=O)=C(n2cncn2)C(C)C1. The Kier molecular flexibility index (Phi) is 8.27. The van der Waals surface area contributed by atoms with Crippen LogP contribution in [0, 0.1) is 12.8 Å². The molecule has 2 amide bonds. The number of hydrogen-bond acceptors (Lipinski definition) is 4. The summed E-state index contributed by atoms with van der Waals surface area (Å²) in [5, 5.41) is 9.35. The first-order valence-electron chi connectivity index (χ1n) is 11.8. The number of halogens is 7. The summed E-state index contributed by atoms with van der Waals surface area (Å²) in [7, 11) is 0. The predicted octanol–water partition coefficient (Wildman–Crippen LogP) is 5.39. The summed E-state index contributed by atoms with van der Waals surface area (Å²) in [6, 6.07) is 0.922. The van der Waals surface area contributed by atoms with E-state index in [1.54, 1.807) is 0 Å². The van der Waals surface area contributed by atoms with Gasteiger partial charge in [0, 0.05) is 36.2 Å². The van der Waals surface area contributed by atoms with Crippen molar-refractivity contribution >= 4 is 23.2 Å². The van der Waals surface area contributed by atoms with E-state index in [1.807, 2.05) is 6.92 Å². The molecule has 2 aromatic rings. The van der Waals surface area contributed by atoms with E-state index in [9.17, 15) is 40.3 Å². The number of aromatic nitrogens is 3. The maximum atomic E-state index is 14.7. The quantitative estimate of drug-likeness (QED) is 0.444. The van der Waals surface area contributed by atoms with E-state index >= 15 is 0 Å². The van der Waals surface area contributed by atoms with Gasteiger partial charge >= 0.3 is 18.0 Å². The van der Waals surface area contributed by atoms with Gasteiger partial charge < -0.3 is 10.6 Å². The smallest absolute Gasteiger partial charge is 0.352 e. The molecule has 39 heavy (non-hydrogen) atoms. The molecule has 1 aliphatic rings. The lowest BCUT2D eigenvalue weighted by Gasteiger charge is -2.31. The lowest BCUT2D eigenvalue weighted by Crippen LogP contribution is -2.50. The fourth-order valence-corrected chi connectivity index (χ4v) is 4.51. The van der Waals surface area contributed by atoms with Gasteiger partial charge in [-0.15, -0.1) is 0 Å². The number of hydrogen-bond donors (Lipinski definition) is 2. The highest BCUT2D eigenvalue weighted by Gasteiger charge is 2.73. The molecule has 1 aromatic heterocycles. The molecule has 0 saturated heterocycles. The van der Waals surface area contributed by atoms with Crippen molar-refractivity contribution in [2.45, 2.75) is 58.6 Å². The van der Waals surface area contributed by atoms with Crippen molar-refractivity contribution in [1.29, 1.82) is 0 Å². The van der Waals surface area contributed by atoms with Crippen molar-refractivity contribution in [3.63, 3.8) is 0 Å². The number of nitrogens with one attached hydrogen (secondary N) is 2. The van der Waals surface area contributed by atoms with Crippen molar-refractivity contribution in [3.05, 3.63) is 58.7 Å². The molecular formula is C25H26F7N5O2. The third kappa shape index (κ3) is 5.83. The number of anilines is 1. The number of aryl methyl sites for hydroxylation is 2. The van der Waals surface area contributed by atoms with Crippen LogP contribution in [0.25, 0.3) is 5.70 Å². The van der Waals surface area contributed by atoms with Gasteiger partial charge in [0.25, 0.3) is 5.91 Å². The molecule has 1 aliphatic carbocycles. The van der Waals surface area contributed by atoms with Crippen LogP contribution in [0.2, 0.25) is 0 Å².